The quantitative estimate of drug-likeness (QED) is 0.482. The molecule has 0 saturated carbocycles. The van der Waals surface area contributed by atoms with Crippen LogP contribution in [0.4, 0.5) is 0 Å². The van der Waals surface area contributed by atoms with Crippen LogP contribution in [0.1, 0.15) is 38.3 Å². The first kappa shape index (κ1) is 15.9. The first-order valence-electron chi connectivity index (χ1n) is 7.99. The molecular formula is C20H26B. The SMILES string of the molecule is C[B]CCCc1ccc(C(C)(C)C)cc1-c1ccccc1. The highest BCUT2D eigenvalue weighted by Crippen LogP contribution is 2.31. The fourth-order valence-electron chi connectivity index (χ4n) is 2.64. The smallest absolute Gasteiger partial charge is 0.0920 e. The largest absolute Gasteiger partial charge is 0.105 e. The molecule has 0 bridgehead atoms. The zero-order chi connectivity index (χ0) is 15.3. The lowest BCUT2D eigenvalue weighted by Crippen LogP contribution is -2.11. The first-order valence-corrected chi connectivity index (χ1v) is 7.99. The van der Waals surface area contributed by atoms with Crippen molar-refractivity contribution in [2.45, 2.75) is 52.2 Å². The third-order valence-corrected chi connectivity index (χ3v) is 4.00. The molecule has 0 amide bonds. The molecule has 0 heterocycles. The molecule has 1 radical (unpaired) electrons. The molecule has 0 aromatic heterocycles. The van der Waals surface area contributed by atoms with Crippen LogP contribution < -0.4 is 0 Å². The van der Waals surface area contributed by atoms with Crippen LogP contribution in [0.5, 0.6) is 0 Å². The van der Waals surface area contributed by atoms with Gasteiger partial charge in [0.05, 0.1) is 0 Å². The molecule has 21 heavy (non-hydrogen) atoms. The van der Waals surface area contributed by atoms with E-state index in [1.165, 1.54) is 35.0 Å². The van der Waals surface area contributed by atoms with E-state index in [4.69, 9.17) is 0 Å². The molecule has 0 unspecified atom stereocenters. The van der Waals surface area contributed by atoms with E-state index in [-0.39, 0.29) is 5.41 Å². The minimum Gasteiger partial charge on any atom is -0.0920 e. The first-order chi connectivity index (χ1) is 10.0. The van der Waals surface area contributed by atoms with Gasteiger partial charge in [-0.3, -0.25) is 0 Å². The summed E-state index contributed by atoms with van der Waals surface area (Å²) < 4.78 is 0. The molecule has 0 fully saturated rings. The monoisotopic (exact) mass is 277 g/mol. The van der Waals surface area contributed by atoms with Crippen LogP contribution in [0.2, 0.25) is 13.1 Å². The Hall–Kier alpha value is -1.50. The van der Waals surface area contributed by atoms with Gasteiger partial charge in [-0.2, -0.15) is 0 Å². The van der Waals surface area contributed by atoms with E-state index < -0.39 is 0 Å². The molecule has 0 aliphatic carbocycles. The zero-order valence-electron chi connectivity index (χ0n) is 13.8. The third kappa shape index (κ3) is 4.23. The molecule has 0 N–H and O–H groups in total. The number of rotatable bonds is 5. The van der Waals surface area contributed by atoms with E-state index in [1.807, 2.05) is 0 Å². The van der Waals surface area contributed by atoms with Gasteiger partial charge in [-0.25, -0.2) is 0 Å². The molecule has 0 nitrogen and oxygen atoms in total. The number of hydrogen-bond acceptors (Lipinski definition) is 0. The molecule has 0 aliphatic heterocycles. The van der Waals surface area contributed by atoms with Gasteiger partial charge >= 0.3 is 0 Å². The molecule has 2 rings (SSSR count). The van der Waals surface area contributed by atoms with Crippen LogP contribution in [0.15, 0.2) is 48.5 Å². The van der Waals surface area contributed by atoms with Crippen LogP contribution in [0.3, 0.4) is 0 Å². The highest BCUT2D eigenvalue weighted by Gasteiger charge is 2.16. The second-order valence-electron chi connectivity index (χ2n) is 6.79. The van der Waals surface area contributed by atoms with Crippen LogP contribution >= 0.6 is 0 Å². The Labute approximate surface area is 130 Å². The predicted molar refractivity (Wildman–Crippen MR) is 95.3 cm³/mol. The van der Waals surface area contributed by atoms with Gasteiger partial charge in [0.25, 0.3) is 0 Å². The van der Waals surface area contributed by atoms with Gasteiger partial charge in [0.2, 0.25) is 0 Å². The van der Waals surface area contributed by atoms with Crippen molar-refractivity contribution in [1.29, 1.82) is 0 Å². The van der Waals surface area contributed by atoms with Crippen LogP contribution in [-0.4, -0.2) is 7.28 Å². The van der Waals surface area contributed by atoms with Gasteiger partial charge in [0, 0.05) is 0 Å². The summed E-state index contributed by atoms with van der Waals surface area (Å²) in [4.78, 5) is 0. The Kier molecular flexibility index (Phi) is 5.28. The minimum atomic E-state index is 0.194. The minimum absolute atomic E-state index is 0.194. The molecule has 0 aliphatic rings. The maximum atomic E-state index is 2.39. The standard InChI is InChI=1S/C20H26B/c1-20(2,3)18-13-12-17(11-8-14-21-4)19(15-18)16-9-6-5-7-10-16/h5-7,9-10,12-13,15H,8,11,14H2,1-4H3. The number of benzene rings is 2. The Morgan fingerprint density at radius 2 is 1.67 bits per heavy atom. The van der Waals surface area contributed by atoms with Crippen molar-refractivity contribution in [3.05, 3.63) is 59.7 Å². The molecular weight excluding hydrogens is 251 g/mol. The summed E-state index contributed by atoms with van der Waals surface area (Å²) in [6.07, 6.45) is 3.57. The third-order valence-electron chi connectivity index (χ3n) is 4.00. The number of hydrogen-bond donors (Lipinski definition) is 0. The summed E-state index contributed by atoms with van der Waals surface area (Å²) in [6, 6.07) is 17.8. The van der Waals surface area contributed by atoms with Crippen LogP contribution in [0.25, 0.3) is 11.1 Å². The molecule has 1 heteroatoms. The van der Waals surface area contributed by atoms with E-state index in [0.29, 0.717) is 0 Å². The van der Waals surface area contributed by atoms with Crippen LogP contribution in [0, 0.1) is 0 Å². The Bertz CT molecular complexity index is 564. The lowest BCUT2D eigenvalue weighted by Gasteiger charge is -2.21. The average molecular weight is 277 g/mol. The van der Waals surface area contributed by atoms with Gasteiger partial charge in [-0.15, -0.1) is 0 Å². The van der Waals surface area contributed by atoms with E-state index in [9.17, 15) is 0 Å². The fourth-order valence-corrected chi connectivity index (χ4v) is 2.64. The molecule has 109 valence electrons. The van der Waals surface area contributed by atoms with Crippen molar-refractivity contribution in [2.75, 3.05) is 0 Å². The van der Waals surface area contributed by atoms with E-state index in [0.717, 1.165) is 6.42 Å². The van der Waals surface area contributed by atoms with Crippen LogP contribution in [-0.2, 0) is 11.8 Å². The normalized spacial score (nSPS) is 11.4. The highest BCUT2D eigenvalue weighted by molar-refractivity contribution is 6.33. The van der Waals surface area contributed by atoms with E-state index in [2.05, 4.69) is 83.4 Å². The lowest BCUT2D eigenvalue weighted by atomic mass is 9.75. The van der Waals surface area contributed by atoms with Crippen molar-refractivity contribution in [3.63, 3.8) is 0 Å². The van der Waals surface area contributed by atoms with Crippen molar-refractivity contribution in [1.82, 2.24) is 0 Å². The van der Waals surface area contributed by atoms with Crippen molar-refractivity contribution >= 4 is 7.28 Å². The summed E-state index contributed by atoms with van der Waals surface area (Å²) in [5.41, 5.74) is 5.81. The van der Waals surface area contributed by atoms with Gasteiger partial charge in [0.1, 0.15) is 7.28 Å². The molecule has 0 spiro atoms. The predicted octanol–water partition coefficient (Wildman–Crippen LogP) is 5.75. The Morgan fingerprint density at radius 1 is 0.952 bits per heavy atom. The summed E-state index contributed by atoms with van der Waals surface area (Å²) in [5, 5.41) is 0. The van der Waals surface area contributed by atoms with Gasteiger partial charge in [0.15, 0.2) is 0 Å². The second kappa shape index (κ2) is 6.98. The van der Waals surface area contributed by atoms with Gasteiger partial charge in [-0.1, -0.05) is 88.9 Å². The summed E-state index contributed by atoms with van der Waals surface area (Å²) in [7, 11) is 2.26. The fraction of sp³-hybridized carbons (Fsp3) is 0.400. The molecule has 0 atom stereocenters. The number of aryl methyl sites for hydroxylation is 1. The molecule has 0 saturated heterocycles. The summed E-state index contributed by atoms with van der Waals surface area (Å²) in [6.45, 7) is 8.98. The summed E-state index contributed by atoms with van der Waals surface area (Å²) >= 11 is 0. The Balaban J connectivity index is 2.41. The highest BCUT2D eigenvalue weighted by atomic mass is 14.2. The lowest BCUT2D eigenvalue weighted by molar-refractivity contribution is 0.590. The van der Waals surface area contributed by atoms with Crippen molar-refractivity contribution in [3.8, 4) is 11.1 Å². The Morgan fingerprint density at radius 3 is 2.29 bits per heavy atom. The summed E-state index contributed by atoms with van der Waals surface area (Å²) in [5.74, 6) is 0. The molecule has 2 aromatic rings. The topological polar surface area (TPSA) is 0 Å². The van der Waals surface area contributed by atoms with Crippen molar-refractivity contribution in [2.24, 2.45) is 0 Å². The maximum Gasteiger partial charge on any atom is 0.105 e. The average Bonchev–Trinajstić information content (AvgIpc) is 2.47. The van der Waals surface area contributed by atoms with Crippen molar-refractivity contribution < 1.29 is 0 Å². The zero-order valence-corrected chi connectivity index (χ0v) is 13.8. The molecule has 2 aromatic carbocycles. The van der Waals surface area contributed by atoms with E-state index >= 15 is 0 Å². The van der Waals surface area contributed by atoms with Gasteiger partial charge < -0.3 is 0 Å². The van der Waals surface area contributed by atoms with Gasteiger partial charge in [-0.05, 0) is 34.1 Å². The van der Waals surface area contributed by atoms with E-state index in [1.54, 1.807) is 0 Å². The maximum absolute atomic E-state index is 2.39. The second-order valence-corrected chi connectivity index (χ2v) is 6.79.